The molecular formula is C18H35N3O2. The minimum atomic E-state index is -0.107. The zero-order valence-electron chi connectivity index (χ0n) is 15.0. The van der Waals surface area contributed by atoms with Crippen LogP contribution in [0.2, 0.25) is 0 Å². The molecule has 23 heavy (non-hydrogen) atoms. The summed E-state index contributed by atoms with van der Waals surface area (Å²) in [5, 5.41) is 13.1. The summed E-state index contributed by atoms with van der Waals surface area (Å²) in [6.07, 6.45) is 8.44. The molecule has 1 heterocycles. The van der Waals surface area contributed by atoms with Crippen LogP contribution in [-0.2, 0) is 4.74 Å². The number of aliphatic imine (C=N–C) groups is 1. The summed E-state index contributed by atoms with van der Waals surface area (Å²) >= 11 is 0. The van der Waals surface area contributed by atoms with Crippen molar-refractivity contribution in [3.05, 3.63) is 12.7 Å². The number of hydrogen-bond donors (Lipinski definition) is 2. The summed E-state index contributed by atoms with van der Waals surface area (Å²) in [5.74, 6) is 0.940. The fraction of sp³-hybridized carbons (Fsp3) is 0.833. The van der Waals surface area contributed by atoms with Gasteiger partial charge in [0.1, 0.15) is 0 Å². The SMILES string of the molecule is C=CCCCCCN(C)C(=NCC1(CO)CCOCC1)NCC. The molecule has 134 valence electrons. The molecule has 1 aliphatic heterocycles. The standard InChI is InChI=1S/C18H35N3O2/c1-4-6-7-8-9-12-21(3)17(19-5-2)20-15-18(16-22)10-13-23-14-11-18/h4,22H,1,5-16H2,2-3H3,(H,19,20). The number of unbranched alkanes of at least 4 members (excludes halogenated alkanes) is 3. The first-order chi connectivity index (χ1) is 11.2. The van der Waals surface area contributed by atoms with E-state index in [2.05, 4.69) is 30.8 Å². The molecule has 0 radical (unpaired) electrons. The summed E-state index contributed by atoms with van der Waals surface area (Å²) in [5.41, 5.74) is -0.107. The van der Waals surface area contributed by atoms with Crippen molar-refractivity contribution in [2.24, 2.45) is 10.4 Å². The number of hydrogen-bond acceptors (Lipinski definition) is 3. The highest BCUT2D eigenvalue weighted by Crippen LogP contribution is 2.30. The third-order valence-corrected chi connectivity index (χ3v) is 4.55. The Balaban J connectivity index is 2.51. The Labute approximate surface area is 141 Å². The van der Waals surface area contributed by atoms with Gasteiger partial charge >= 0.3 is 0 Å². The third-order valence-electron chi connectivity index (χ3n) is 4.55. The number of guanidine groups is 1. The Hall–Kier alpha value is -1.07. The van der Waals surface area contributed by atoms with Crippen LogP contribution in [0.4, 0.5) is 0 Å². The van der Waals surface area contributed by atoms with E-state index in [0.717, 1.165) is 57.9 Å². The van der Waals surface area contributed by atoms with Gasteiger partial charge in [-0.1, -0.05) is 12.5 Å². The maximum absolute atomic E-state index is 9.78. The first kappa shape index (κ1) is 20.0. The zero-order valence-corrected chi connectivity index (χ0v) is 15.0. The fourth-order valence-corrected chi connectivity index (χ4v) is 2.80. The van der Waals surface area contributed by atoms with Crippen molar-refractivity contribution in [1.82, 2.24) is 10.2 Å². The normalized spacial score (nSPS) is 17.8. The molecule has 1 aliphatic rings. The summed E-state index contributed by atoms with van der Waals surface area (Å²) in [6.45, 7) is 10.0. The molecule has 0 unspecified atom stereocenters. The van der Waals surface area contributed by atoms with Crippen LogP contribution < -0.4 is 5.32 Å². The quantitative estimate of drug-likeness (QED) is 0.280. The molecule has 0 aromatic rings. The van der Waals surface area contributed by atoms with Gasteiger partial charge in [-0.3, -0.25) is 4.99 Å². The Kier molecular flexibility index (Phi) is 9.96. The molecular weight excluding hydrogens is 290 g/mol. The highest BCUT2D eigenvalue weighted by molar-refractivity contribution is 5.79. The van der Waals surface area contributed by atoms with Gasteiger partial charge in [0, 0.05) is 38.8 Å². The maximum Gasteiger partial charge on any atom is 0.193 e. The number of ether oxygens (including phenoxy) is 1. The predicted molar refractivity (Wildman–Crippen MR) is 96.8 cm³/mol. The highest BCUT2D eigenvalue weighted by Gasteiger charge is 2.32. The van der Waals surface area contributed by atoms with Gasteiger partial charge in [-0.25, -0.2) is 0 Å². The largest absolute Gasteiger partial charge is 0.396 e. The van der Waals surface area contributed by atoms with Gasteiger partial charge in [-0.05, 0) is 39.0 Å². The van der Waals surface area contributed by atoms with Crippen molar-refractivity contribution in [3.8, 4) is 0 Å². The van der Waals surface area contributed by atoms with E-state index >= 15 is 0 Å². The van der Waals surface area contributed by atoms with E-state index in [1.807, 2.05) is 6.08 Å². The van der Waals surface area contributed by atoms with Crippen LogP contribution in [0.3, 0.4) is 0 Å². The molecule has 0 spiro atoms. The Morgan fingerprint density at radius 1 is 1.35 bits per heavy atom. The van der Waals surface area contributed by atoms with Crippen molar-refractivity contribution in [3.63, 3.8) is 0 Å². The maximum atomic E-state index is 9.78. The van der Waals surface area contributed by atoms with Crippen molar-refractivity contribution in [1.29, 1.82) is 0 Å². The van der Waals surface area contributed by atoms with Crippen LogP contribution in [0, 0.1) is 5.41 Å². The molecule has 1 saturated heterocycles. The molecule has 5 nitrogen and oxygen atoms in total. The first-order valence-electron chi connectivity index (χ1n) is 8.96. The van der Waals surface area contributed by atoms with E-state index in [-0.39, 0.29) is 12.0 Å². The molecule has 0 atom stereocenters. The van der Waals surface area contributed by atoms with E-state index in [0.29, 0.717) is 6.54 Å². The summed E-state index contributed by atoms with van der Waals surface area (Å²) < 4.78 is 5.42. The monoisotopic (exact) mass is 325 g/mol. The first-order valence-corrected chi connectivity index (χ1v) is 8.96. The Morgan fingerprint density at radius 3 is 2.70 bits per heavy atom. The third kappa shape index (κ3) is 7.36. The number of allylic oxidation sites excluding steroid dienone is 1. The number of rotatable bonds is 10. The second kappa shape index (κ2) is 11.5. The summed E-state index contributed by atoms with van der Waals surface area (Å²) in [7, 11) is 2.09. The van der Waals surface area contributed by atoms with Crippen molar-refractivity contribution in [2.75, 3.05) is 46.5 Å². The van der Waals surface area contributed by atoms with Crippen molar-refractivity contribution >= 4 is 5.96 Å². The number of aliphatic hydroxyl groups excluding tert-OH is 1. The molecule has 0 aromatic carbocycles. The lowest BCUT2D eigenvalue weighted by atomic mass is 9.81. The van der Waals surface area contributed by atoms with E-state index in [1.165, 1.54) is 12.8 Å². The smallest absolute Gasteiger partial charge is 0.193 e. The average molecular weight is 325 g/mol. The lowest BCUT2D eigenvalue weighted by molar-refractivity contribution is -0.0107. The van der Waals surface area contributed by atoms with Gasteiger partial charge in [-0.15, -0.1) is 6.58 Å². The molecule has 5 heteroatoms. The fourth-order valence-electron chi connectivity index (χ4n) is 2.80. The lowest BCUT2D eigenvalue weighted by Gasteiger charge is -2.34. The van der Waals surface area contributed by atoms with Crippen LogP contribution in [0.15, 0.2) is 17.6 Å². The van der Waals surface area contributed by atoms with E-state index < -0.39 is 0 Å². The van der Waals surface area contributed by atoms with Gasteiger partial charge < -0.3 is 20.1 Å². The molecule has 0 saturated carbocycles. The molecule has 0 aliphatic carbocycles. The van der Waals surface area contributed by atoms with Gasteiger partial charge in [0.05, 0.1) is 13.2 Å². The Morgan fingerprint density at radius 2 is 2.09 bits per heavy atom. The highest BCUT2D eigenvalue weighted by atomic mass is 16.5. The van der Waals surface area contributed by atoms with E-state index in [9.17, 15) is 5.11 Å². The van der Waals surface area contributed by atoms with Crippen LogP contribution in [0.25, 0.3) is 0 Å². The second-order valence-electron chi connectivity index (χ2n) is 6.50. The summed E-state index contributed by atoms with van der Waals surface area (Å²) in [6, 6.07) is 0. The van der Waals surface area contributed by atoms with E-state index in [1.54, 1.807) is 0 Å². The minimum Gasteiger partial charge on any atom is -0.396 e. The number of nitrogens with zero attached hydrogens (tertiary/aromatic N) is 2. The number of nitrogens with one attached hydrogen (secondary N) is 1. The number of aliphatic hydroxyl groups is 1. The van der Waals surface area contributed by atoms with Gasteiger partial charge in [0.2, 0.25) is 0 Å². The Bertz CT molecular complexity index is 352. The van der Waals surface area contributed by atoms with Crippen molar-refractivity contribution in [2.45, 2.75) is 45.4 Å². The van der Waals surface area contributed by atoms with Gasteiger partial charge in [-0.2, -0.15) is 0 Å². The molecule has 0 amide bonds. The van der Waals surface area contributed by atoms with Gasteiger partial charge in [0.15, 0.2) is 5.96 Å². The zero-order chi connectivity index (χ0) is 17.0. The summed E-state index contributed by atoms with van der Waals surface area (Å²) in [4.78, 5) is 6.99. The molecule has 0 bridgehead atoms. The molecule has 2 N–H and O–H groups in total. The molecule has 1 fully saturated rings. The molecule has 0 aromatic heterocycles. The van der Waals surface area contributed by atoms with Crippen LogP contribution in [0.1, 0.15) is 45.4 Å². The van der Waals surface area contributed by atoms with Crippen LogP contribution >= 0.6 is 0 Å². The van der Waals surface area contributed by atoms with Crippen LogP contribution in [0.5, 0.6) is 0 Å². The van der Waals surface area contributed by atoms with Crippen LogP contribution in [-0.4, -0.2) is 62.5 Å². The average Bonchev–Trinajstić information content (AvgIpc) is 2.59. The second-order valence-corrected chi connectivity index (χ2v) is 6.50. The predicted octanol–water partition coefficient (Wildman–Crippen LogP) is 2.42. The lowest BCUT2D eigenvalue weighted by Crippen LogP contribution is -2.42. The van der Waals surface area contributed by atoms with Crippen molar-refractivity contribution < 1.29 is 9.84 Å². The van der Waals surface area contributed by atoms with Gasteiger partial charge in [0.25, 0.3) is 0 Å². The van der Waals surface area contributed by atoms with E-state index in [4.69, 9.17) is 9.73 Å². The topological polar surface area (TPSA) is 57.1 Å². The molecule has 1 rings (SSSR count). The minimum absolute atomic E-state index is 0.107.